The molecule has 6 nitrogen and oxygen atoms in total. The number of para-hydroxylation sites is 2. The molecule has 25 heavy (non-hydrogen) atoms. The number of carbonyl (C=O) groups excluding carboxylic acids is 1. The molecule has 2 aromatic rings. The summed E-state index contributed by atoms with van der Waals surface area (Å²) in [5, 5.41) is 13.1. The van der Waals surface area contributed by atoms with E-state index in [-0.39, 0.29) is 6.42 Å². The average Bonchev–Trinajstić information content (AvgIpc) is 2.58. The van der Waals surface area contributed by atoms with Gasteiger partial charge < -0.3 is 21.9 Å². The van der Waals surface area contributed by atoms with E-state index >= 15 is 0 Å². The first kappa shape index (κ1) is 19.2. The fourth-order valence-corrected chi connectivity index (χ4v) is 2.69. The van der Waals surface area contributed by atoms with Crippen LogP contribution in [0.2, 0.25) is 10.0 Å². The molecule has 2 aromatic carbocycles. The molecule has 8 heteroatoms. The minimum absolute atomic E-state index is 0.203. The van der Waals surface area contributed by atoms with Crippen molar-refractivity contribution < 1.29 is 14.7 Å². The summed E-state index contributed by atoms with van der Waals surface area (Å²) in [4.78, 5) is 23.7. The quantitative estimate of drug-likeness (QED) is 0.547. The average molecular weight is 382 g/mol. The van der Waals surface area contributed by atoms with Crippen LogP contribution in [0, 0.1) is 0 Å². The number of rotatable bonds is 7. The zero-order valence-corrected chi connectivity index (χ0v) is 14.6. The summed E-state index contributed by atoms with van der Waals surface area (Å²) < 4.78 is 0. The normalized spacial score (nSPS) is 13.1. The second kappa shape index (κ2) is 7.84. The highest BCUT2D eigenvalue weighted by Crippen LogP contribution is 2.33. The molecular formula is C17H17Cl2N3O3. The molecule has 132 valence electrons. The monoisotopic (exact) mass is 381 g/mol. The molecule has 0 saturated heterocycles. The van der Waals surface area contributed by atoms with Crippen molar-refractivity contribution >= 4 is 46.3 Å². The Morgan fingerprint density at radius 2 is 1.68 bits per heavy atom. The van der Waals surface area contributed by atoms with Crippen LogP contribution >= 0.6 is 23.2 Å². The third-order valence-electron chi connectivity index (χ3n) is 3.79. The molecule has 0 aromatic heterocycles. The third kappa shape index (κ3) is 4.11. The van der Waals surface area contributed by atoms with Gasteiger partial charge in [-0.3, -0.25) is 4.79 Å². The van der Waals surface area contributed by atoms with E-state index in [4.69, 9.17) is 34.7 Å². The summed E-state index contributed by atoms with van der Waals surface area (Å²) in [6.07, 6.45) is -0.203. The van der Waals surface area contributed by atoms with Gasteiger partial charge >= 0.3 is 5.97 Å². The summed E-state index contributed by atoms with van der Waals surface area (Å²) in [6.45, 7) is -0.493. The lowest BCUT2D eigenvalue weighted by molar-refractivity contribution is -0.147. The van der Waals surface area contributed by atoms with Gasteiger partial charge in [0.05, 0.1) is 15.7 Å². The maximum absolute atomic E-state index is 12.4. The predicted molar refractivity (Wildman–Crippen MR) is 98.5 cm³/mol. The van der Waals surface area contributed by atoms with E-state index in [2.05, 4.69) is 5.32 Å². The van der Waals surface area contributed by atoms with Crippen molar-refractivity contribution in [2.75, 3.05) is 11.9 Å². The van der Waals surface area contributed by atoms with E-state index in [0.29, 0.717) is 27.0 Å². The number of carboxylic acids is 1. The van der Waals surface area contributed by atoms with Crippen molar-refractivity contribution in [3.63, 3.8) is 0 Å². The largest absolute Gasteiger partial charge is 0.479 e. The van der Waals surface area contributed by atoms with Crippen LogP contribution in [0.4, 0.5) is 11.4 Å². The summed E-state index contributed by atoms with van der Waals surface area (Å²) in [5.41, 5.74) is 10.5. The number of hydrogen-bond donors (Lipinski definition) is 4. The van der Waals surface area contributed by atoms with Crippen molar-refractivity contribution in [2.45, 2.75) is 12.0 Å². The number of Topliss-reactive ketones (excluding diaryl/α,β-unsaturated/α-hetero) is 1. The zero-order valence-electron chi connectivity index (χ0n) is 13.1. The summed E-state index contributed by atoms with van der Waals surface area (Å²) in [7, 11) is 0. The van der Waals surface area contributed by atoms with Gasteiger partial charge in [-0.05, 0) is 23.8 Å². The van der Waals surface area contributed by atoms with Gasteiger partial charge in [0.2, 0.25) is 0 Å². The van der Waals surface area contributed by atoms with Crippen molar-refractivity contribution in [1.29, 1.82) is 0 Å². The number of carboxylic acid groups (broad SMARTS) is 1. The van der Waals surface area contributed by atoms with Gasteiger partial charge in [0, 0.05) is 18.7 Å². The number of nitrogens with two attached hydrogens (primary N) is 2. The lowest BCUT2D eigenvalue weighted by Gasteiger charge is -2.22. The molecule has 0 radical (unpaired) electrons. The van der Waals surface area contributed by atoms with E-state index in [1.165, 1.54) is 0 Å². The van der Waals surface area contributed by atoms with Gasteiger partial charge in [-0.25, -0.2) is 4.79 Å². The molecule has 0 bridgehead atoms. The highest BCUT2D eigenvalue weighted by Gasteiger charge is 2.40. The van der Waals surface area contributed by atoms with Crippen LogP contribution in [0.1, 0.15) is 5.56 Å². The van der Waals surface area contributed by atoms with E-state index in [1.54, 1.807) is 42.5 Å². The topological polar surface area (TPSA) is 118 Å². The molecule has 0 aliphatic carbocycles. The molecule has 1 atom stereocenters. The number of aliphatic carboxylic acids is 1. The standard InChI is InChI=1S/C17H17Cl2N3O3/c18-11-5-3-6-12(19)15(11)22-13-7-2-1-4-10(13)8-14(23)17(21,9-20)16(24)25/h1-7,22H,8-9,20-21H2,(H,24,25). The molecule has 0 aliphatic rings. The van der Waals surface area contributed by atoms with Gasteiger partial charge in [0.15, 0.2) is 11.3 Å². The number of benzene rings is 2. The Hall–Kier alpha value is -2.12. The minimum atomic E-state index is -2.13. The van der Waals surface area contributed by atoms with E-state index in [9.17, 15) is 14.7 Å². The second-order valence-corrected chi connectivity index (χ2v) is 6.27. The van der Waals surface area contributed by atoms with Crippen LogP contribution in [-0.4, -0.2) is 28.9 Å². The molecule has 1 unspecified atom stereocenters. The smallest absolute Gasteiger partial charge is 0.332 e. The number of ketones is 1. The Balaban J connectivity index is 2.33. The van der Waals surface area contributed by atoms with E-state index < -0.39 is 23.8 Å². The van der Waals surface area contributed by atoms with Crippen molar-refractivity contribution in [2.24, 2.45) is 11.5 Å². The summed E-state index contributed by atoms with van der Waals surface area (Å²) >= 11 is 12.3. The number of nitrogens with one attached hydrogen (secondary N) is 1. The molecular weight excluding hydrogens is 365 g/mol. The zero-order chi connectivity index (χ0) is 18.6. The number of hydrogen-bond acceptors (Lipinski definition) is 5. The van der Waals surface area contributed by atoms with Crippen molar-refractivity contribution in [1.82, 2.24) is 0 Å². The Labute approximate surface area is 154 Å². The molecule has 0 aliphatic heterocycles. The van der Waals surface area contributed by atoms with Crippen LogP contribution in [-0.2, 0) is 16.0 Å². The van der Waals surface area contributed by atoms with Crippen LogP contribution in [0.15, 0.2) is 42.5 Å². The van der Waals surface area contributed by atoms with Gasteiger partial charge in [-0.1, -0.05) is 47.5 Å². The number of halogens is 2. The number of anilines is 2. The fourth-order valence-electron chi connectivity index (χ4n) is 2.20. The highest BCUT2D eigenvalue weighted by atomic mass is 35.5. The van der Waals surface area contributed by atoms with Gasteiger partial charge in [0.1, 0.15) is 0 Å². The SMILES string of the molecule is NCC(N)(C(=O)O)C(=O)Cc1ccccc1Nc1c(Cl)cccc1Cl. The number of carbonyl (C=O) groups is 2. The molecule has 6 N–H and O–H groups in total. The second-order valence-electron chi connectivity index (χ2n) is 5.46. The van der Waals surface area contributed by atoms with E-state index in [0.717, 1.165) is 0 Å². The van der Waals surface area contributed by atoms with Gasteiger partial charge in [-0.15, -0.1) is 0 Å². The Bertz CT molecular complexity index is 793. The van der Waals surface area contributed by atoms with Crippen LogP contribution in [0.3, 0.4) is 0 Å². The first-order valence-corrected chi connectivity index (χ1v) is 8.09. The Morgan fingerprint density at radius 1 is 1.08 bits per heavy atom. The molecule has 0 saturated carbocycles. The molecule has 0 fully saturated rings. The lowest BCUT2D eigenvalue weighted by Crippen LogP contribution is -2.60. The molecule has 2 rings (SSSR count). The summed E-state index contributed by atoms with van der Waals surface area (Å²) in [5.74, 6) is -2.15. The third-order valence-corrected chi connectivity index (χ3v) is 4.42. The van der Waals surface area contributed by atoms with Crippen LogP contribution in [0.25, 0.3) is 0 Å². The predicted octanol–water partition coefficient (Wildman–Crippen LogP) is 2.59. The lowest BCUT2D eigenvalue weighted by atomic mass is 9.90. The minimum Gasteiger partial charge on any atom is -0.479 e. The first-order valence-electron chi connectivity index (χ1n) is 7.34. The Morgan fingerprint density at radius 3 is 2.24 bits per heavy atom. The highest BCUT2D eigenvalue weighted by molar-refractivity contribution is 6.39. The Kier molecular flexibility index (Phi) is 6.02. The maximum Gasteiger partial charge on any atom is 0.332 e. The van der Waals surface area contributed by atoms with Gasteiger partial charge in [-0.2, -0.15) is 0 Å². The van der Waals surface area contributed by atoms with Crippen molar-refractivity contribution in [3.8, 4) is 0 Å². The van der Waals surface area contributed by atoms with Crippen LogP contribution < -0.4 is 16.8 Å². The molecule has 0 heterocycles. The molecule has 0 spiro atoms. The van der Waals surface area contributed by atoms with E-state index in [1.807, 2.05) is 0 Å². The summed E-state index contributed by atoms with van der Waals surface area (Å²) in [6, 6.07) is 12.0. The van der Waals surface area contributed by atoms with Gasteiger partial charge in [0.25, 0.3) is 0 Å². The van der Waals surface area contributed by atoms with Crippen molar-refractivity contribution in [3.05, 3.63) is 58.1 Å². The fraction of sp³-hybridized carbons (Fsp3) is 0.176. The maximum atomic E-state index is 12.4. The first-order chi connectivity index (χ1) is 11.8. The molecule has 0 amide bonds. The van der Waals surface area contributed by atoms with Crippen LogP contribution in [0.5, 0.6) is 0 Å².